The second kappa shape index (κ2) is 5.46. The Bertz CT molecular complexity index is 475. The number of aromatic nitrogens is 2. The first-order valence-corrected chi connectivity index (χ1v) is 7.75. The zero-order chi connectivity index (χ0) is 14.1. The quantitative estimate of drug-likeness (QED) is 0.863. The van der Waals surface area contributed by atoms with Gasteiger partial charge in [0.2, 0.25) is 5.95 Å². The lowest BCUT2D eigenvalue weighted by Gasteiger charge is -2.28. The number of nitrogens with zero attached hydrogens (tertiary/aromatic N) is 3. The van der Waals surface area contributed by atoms with Crippen molar-refractivity contribution in [2.45, 2.75) is 32.6 Å². The fraction of sp³-hybridized carbons (Fsp3) is 0.733. The van der Waals surface area contributed by atoms with Gasteiger partial charge >= 0.3 is 0 Å². The van der Waals surface area contributed by atoms with Crippen molar-refractivity contribution in [3.63, 3.8) is 0 Å². The van der Waals surface area contributed by atoms with Crippen molar-refractivity contribution in [2.24, 2.45) is 17.8 Å². The summed E-state index contributed by atoms with van der Waals surface area (Å²) < 4.78 is 0. The SMILES string of the molecule is CCNc1cc(N(C)CC2CC3CCC2C3)nc(N)n1. The molecule has 3 N–H and O–H groups in total. The Labute approximate surface area is 121 Å². The third kappa shape index (κ3) is 2.67. The molecule has 20 heavy (non-hydrogen) atoms. The maximum absolute atomic E-state index is 5.81. The zero-order valence-corrected chi connectivity index (χ0v) is 12.5. The molecule has 1 heterocycles. The van der Waals surface area contributed by atoms with E-state index in [9.17, 15) is 0 Å². The van der Waals surface area contributed by atoms with Gasteiger partial charge in [-0.25, -0.2) is 0 Å². The molecule has 0 saturated heterocycles. The van der Waals surface area contributed by atoms with E-state index in [1.165, 1.54) is 25.7 Å². The Morgan fingerprint density at radius 3 is 2.85 bits per heavy atom. The lowest BCUT2D eigenvalue weighted by molar-refractivity contribution is 0.337. The van der Waals surface area contributed by atoms with Crippen molar-refractivity contribution in [3.05, 3.63) is 6.07 Å². The van der Waals surface area contributed by atoms with Gasteiger partial charge in [0.25, 0.3) is 0 Å². The highest BCUT2D eigenvalue weighted by Gasteiger charge is 2.39. The highest BCUT2D eigenvalue weighted by Crippen LogP contribution is 2.48. The summed E-state index contributed by atoms with van der Waals surface area (Å²) in [6, 6.07) is 1.99. The van der Waals surface area contributed by atoms with Gasteiger partial charge in [0.1, 0.15) is 11.6 Å². The number of rotatable bonds is 5. The van der Waals surface area contributed by atoms with E-state index >= 15 is 0 Å². The van der Waals surface area contributed by atoms with Crippen LogP contribution in [-0.4, -0.2) is 30.1 Å². The van der Waals surface area contributed by atoms with Crippen LogP contribution in [0, 0.1) is 17.8 Å². The third-order valence-corrected chi connectivity index (χ3v) is 4.87. The normalized spacial score (nSPS) is 27.8. The van der Waals surface area contributed by atoms with E-state index in [1.807, 2.05) is 6.07 Å². The lowest BCUT2D eigenvalue weighted by atomic mass is 9.88. The number of hydrogen-bond acceptors (Lipinski definition) is 5. The molecule has 2 aliphatic carbocycles. The fourth-order valence-corrected chi connectivity index (χ4v) is 3.97. The summed E-state index contributed by atoms with van der Waals surface area (Å²) in [6.07, 6.45) is 5.73. The summed E-state index contributed by atoms with van der Waals surface area (Å²) >= 11 is 0. The van der Waals surface area contributed by atoms with Crippen molar-refractivity contribution in [1.29, 1.82) is 0 Å². The maximum atomic E-state index is 5.81. The Balaban J connectivity index is 1.68. The Morgan fingerprint density at radius 1 is 1.35 bits per heavy atom. The standard InChI is InChI=1S/C15H25N5/c1-3-17-13-8-14(19-15(16)18-13)20(2)9-12-7-10-4-5-11(12)6-10/h8,10-12H,3-7,9H2,1-2H3,(H3,16,17,18,19). The van der Waals surface area contributed by atoms with E-state index in [-0.39, 0.29) is 0 Å². The van der Waals surface area contributed by atoms with Crippen LogP contribution < -0.4 is 16.0 Å². The first kappa shape index (κ1) is 13.5. The Hall–Kier alpha value is -1.52. The molecule has 3 atom stereocenters. The monoisotopic (exact) mass is 275 g/mol. The molecule has 0 aliphatic heterocycles. The second-order valence-electron chi connectivity index (χ2n) is 6.32. The van der Waals surface area contributed by atoms with E-state index in [0.29, 0.717) is 5.95 Å². The van der Waals surface area contributed by atoms with Gasteiger partial charge in [0.15, 0.2) is 0 Å². The maximum Gasteiger partial charge on any atom is 0.223 e. The van der Waals surface area contributed by atoms with Gasteiger partial charge in [-0.3, -0.25) is 0 Å². The summed E-state index contributed by atoms with van der Waals surface area (Å²) in [4.78, 5) is 10.8. The lowest BCUT2D eigenvalue weighted by Crippen LogP contribution is -2.29. The van der Waals surface area contributed by atoms with Crippen LogP contribution in [0.1, 0.15) is 32.6 Å². The summed E-state index contributed by atoms with van der Waals surface area (Å²) in [5.74, 6) is 4.85. The summed E-state index contributed by atoms with van der Waals surface area (Å²) in [7, 11) is 2.11. The molecule has 5 nitrogen and oxygen atoms in total. The van der Waals surface area contributed by atoms with Crippen LogP contribution in [0.5, 0.6) is 0 Å². The van der Waals surface area contributed by atoms with E-state index < -0.39 is 0 Å². The number of fused-ring (bicyclic) bond motifs is 2. The molecule has 2 aliphatic rings. The average Bonchev–Trinajstić information content (AvgIpc) is 3.00. The smallest absolute Gasteiger partial charge is 0.223 e. The van der Waals surface area contributed by atoms with Crippen molar-refractivity contribution in [2.75, 3.05) is 36.1 Å². The number of anilines is 3. The first-order valence-electron chi connectivity index (χ1n) is 7.75. The number of nitrogens with one attached hydrogen (secondary N) is 1. The molecule has 0 amide bonds. The summed E-state index contributed by atoms with van der Waals surface area (Å²) in [5, 5.41) is 3.21. The van der Waals surface area contributed by atoms with Crippen LogP contribution in [0.25, 0.3) is 0 Å². The van der Waals surface area contributed by atoms with Crippen molar-refractivity contribution < 1.29 is 0 Å². The molecule has 0 radical (unpaired) electrons. The molecule has 2 saturated carbocycles. The van der Waals surface area contributed by atoms with E-state index in [0.717, 1.165) is 42.5 Å². The van der Waals surface area contributed by atoms with E-state index in [2.05, 4.69) is 34.2 Å². The highest BCUT2D eigenvalue weighted by molar-refractivity contribution is 5.52. The van der Waals surface area contributed by atoms with Crippen LogP contribution in [0.4, 0.5) is 17.6 Å². The van der Waals surface area contributed by atoms with Gasteiger partial charge in [-0.2, -0.15) is 9.97 Å². The average molecular weight is 275 g/mol. The molecule has 5 heteroatoms. The first-order chi connectivity index (χ1) is 9.65. The van der Waals surface area contributed by atoms with Gasteiger partial charge in [-0.15, -0.1) is 0 Å². The van der Waals surface area contributed by atoms with Crippen LogP contribution >= 0.6 is 0 Å². The topological polar surface area (TPSA) is 67.1 Å². The van der Waals surface area contributed by atoms with Crippen LogP contribution in [-0.2, 0) is 0 Å². The van der Waals surface area contributed by atoms with Gasteiger partial charge in [0.05, 0.1) is 0 Å². The molecule has 0 aromatic carbocycles. The Kier molecular flexibility index (Phi) is 3.68. The zero-order valence-electron chi connectivity index (χ0n) is 12.5. The molecular weight excluding hydrogens is 250 g/mol. The molecule has 2 bridgehead atoms. The van der Waals surface area contributed by atoms with Gasteiger partial charge in [-0.1, -0.05) is 6.42 Å². The van der Waals surface area contributed by atoms with Crippen molar-refractivity contribution in [1.82, 2.24) is 9.97 Å². The minimum Gasteiger partial charge on any atom is -0.370 e. The molecule has 2 fully saturated rings. The van der Waals surface area contributed by atoms with Crippen LogP contribution in [0.2, 0.25) is 0 Å². The van der Waals surface area contributed by atoms with Crippen molar-refractivity contribution in [3.8, 4) is 0 Å². The second-order valence-corrected chi connectivity index (χ2v) is 6.32. The molecule has 1 aromatic rings. The molecule has 1 aromatic heterocycles. The van der Waals surface area contributed by atoms with Gasteiger partial charge < -0.3 is 16.0 Å². The molecule has 3 rings (SSSR count). The minimum absolute atomic E-state index is 0.346. The molecular formula is C15H25N5. The van der Waals surface area contributed by atoms with E-state index in [1.54, 1.807) is 0 Å². The van der Waals surface area contributed by atoms with Gasteiger partial charge in [-0.05, 0) is 43.9 Å². The summed E-state index contributed by atoms with van der Waals surface area (Å²) in [6.45, 7) is 3.98. The largest absolute Gasteiger partial charge is 0.370 e. The van der Waals surface area contributed by atoms with Crippen molar-refractivity contribution >= 4 is 17.6 Å². The Morgan fingerprint density at radius 2 is 2.20 bits per heavy atom. The number of nitrogens with two attached hydrogens (primary N) is 1. The van der Waals surface area contributed by atoms with Crippen LogP contribution in [0.3, 0.4) is 0 Å². The van der Waals surface area contributed by atoms with Gasteiger partial charge in [0, 0.05) is 26.2 Å². The number of hydrogen-bond donors (Lipinski definition) is 2. The molecule has 3 unspecified atom stereocenters. The molecule has 110 valence electrons. The van der Waals surface area contributed by atoms with E-state index in [4.69, 9.17) is 5.73 Å². The third-order valence-electron chi connectivity index (χ3n) is 4.87. The highest BCUT2D eigenvalue weighted by atomic mass is 15.2. The number of nitrogen functional groups attached to an aromatic ring is 1. The predicted octanol–water partition coefficient (Wildman–Crippen LogP) is 2.36. The predicted molar refractivity (Wildman–Crippen MR) is 82.8 cm³/mol. The fourth-order valence-electron chi connectivity index (χ4n) is 3.97. The minimum atomic E-state index is 0.346. The summed E-state index contributed by atoms with van der Waals surface area (Å²) in [5.41, 5.74) is 5.81. The van der Waals surface area contributed by atoms with Crippen LogP contribution in [0.15, 0.2) is 6.07 Å². The molecule has 0 spiro atoms.